The second kappa shape index (κ2) is 7.61. The van der Waals surface area contributed by atoms with Crippen molar-refractivity contribution in [1.82, 2.24) is 10.6 Å². The van der Waals surface area contributed by atoms with Gasteiger partial charge in [0.1, 0.15) is 0 Å². The molecule has 0 saturated carbocycles. The third kappa shape index (κ3) is 3.78. The first-order valence-corrected chi connectivity index (χ1v) is 7.64. The Kier molecular flexibility index (Phi) is 5.80. The van der Waals surface area contributed by atoms with Crippen LogP contribution in [-0.4, -0.2) is 30.9 Å². The largest absolute Gasteiger partial charge is 0.351 e. The van der Waals surface area contributed by atoms with Crippen LogP contribution < -0.4 is 15.5 Å². The van der Waals surface area contributed by atoms with Gasteiger partial charge in [0.25, 0.3) is 0 Å². The highest BCUT2D eigenvalue weighted by Gasteiger charge is 2.22. The summed E-state index contributed by atoms with van der Waals surface area (Å²) in [6.07, 6.45) is 3.57. The predicted molar refractivity (Wildman–Crippen MR) is 88.1 cm³/mol. The van der Waals surface area contributed by atoms with E-state index in [1.807, 2.05) is 29.2 Å². The molecule has 2 saturated heterocycles. The zero-order chi connectivity index (χ0) is 14.7. The Labute approximate surface area is 136 Å². The van der Waals surface area contributed by atoms with Gasteiger partial charge in [0.2, 0.25) is 11.8 Å². The number of hydrogen-bond donors (Lipinski definition) is 2. The van der Waals surface area contributed by atoms with E-state index in [9.17, 15) is 9.59 Å². The fraction of sp³-hybridized carbons (Fsp3) is 0.500. The summed E-state index contributed by atoms with van der Waals surface area (Å²) in [5.41, 5.74) is 2.00. The molecule has 3 rings (SSSR count). The third-order valence-electron chi connectivity index (χ3n) is 4.16. The molecule has 0 aromatic heterocycles. The normalized spacial score (nSPS) is 20.8. The van der Waals surface area contributed by atoms with Gasteiger partial charge in [0.15, 0.2) is 0 Å². The summed E-state index contributed by atoms with van der Waals surface area (Å²) in [6, 6.07) is 7.83. The Balaban J connectivity index is 0.00000176. The minimum atomic E-state index is -0.0357. The van der Waals surface area contributed by atoms with E-state index in [1.54, 1.807) is 0 Å². The maximum Gasteiger partial charge on any atom is 0.237 e. The number of halogens is 1. The van der Waals surface area contributed by atoms with Crippen molar-refractivity contribution < 1.29 is 9.59 Å². The minimum Gasteiger partial charge on any atom is -0.351 e. The SMILES string of the molecule is Cl.O=C(NCc1ccc(N2CCCC2=O)cc1)[C@@H]1CCCN1. The number of hydrogen-bond acceptors (Lipinski definition) is 3. The van der Waals surface area contributed by atoms with Crippen molar-refractivity contribution in [3.05, 3.63) is 29.8 Å². The summed E-state index contributed by atoms with van der Waals surface area (Å²) < 4.78 is 0. The molecule has 2 N–H and O–H groups in total. The molecule has 22 heavy (non-hydrogen) atoms. The van der Waals surface area contributed by atoms with Crippen LogP contribution >= 0.6 is 12.4 Å². The zero-order valence-corrected chi connectivity index (χ0v) is 13.3. The topological polar surface area (TPSA) is 61.4 Å². The number of benzene rings is 1. The first kappa shape index (κ1) is 16.8. The second-order valence-electron chi connectivity index (χ2n) is 5.68. The maximum atomic E-state index is 11.9. The molecule has 1 aromatic carbocycles. The van der Waals surface area contributed by atoms with Gasteiger partial charge in [-0.15, -0.1) is 12.4 Å². The van der Waals surface area contributed by atoms with Crippen LogP contribution in [0.25, 0.3) is 0 Å². The highest BCUT2D eigenvalue weighted by atomic mass is 35.5. The Bertz CT molecular complexity index is 527. The predicted octanol–water partition coefficient (Wildman–Crippen LogP) is 1.60. The summed E-state index contributed by atoms with van der Waals surface area (Å²) in [5.74, 6) is 0.273. The van der Waals surface area contributed by atoms with E-state index in [1.165, 1.54) is 0 Å². The van der Waals surface area contributed by atoms with Gasteiger partial charge >= 0.3 is 0 Å². The molecule has 1 atom stereocenters. The molecule has 0 aliphatic carbocycles. The lowest BCUT2D eigenvalue weighted by Gasteiger charge is -2.16. The molecule has 2 aliphatic rings. The van der Waals surface area contributed by atoms with Crippen LogP contribution in [0.2, 0.25) is 0 Å². The molecular weight excluding hydrogens is 302 g/mol. The quantitative estimate of drug-likeness (QED) is 0.885. The van der Waals surface area contributed by atoms with Crippen molar-refractivity contribution in [3.8, 4) is 0 Å². The Hall–Kier alpha value is -1.59. The van der Waals surface area contributed by atoms with Crippen molar-refractivity contribution >= 4 is 29.9 Å². The summed E-state index contributed by atoms with van der Waals surface area (Å²) in [5, 5.41) is 6.14. The smallest absolute Gasteiger partial charge is 0.237 e. The number of nitrogens with one attached hydrogen (secondary N) is 2. The van der Waals surface area contributed by atoms with Crippen molar-refractivity contribution in [2.24, 2.45) is 0 Å². The lowest BCUT2D eigenvalue weighted by molar-refractivity contribution is -0.123. The number of carbonyl (C=O) groups excluding carboxylic acids is 2. The van der Waals surface area contributed by atoms with Crippen molar-refractivity contribution in [1.29, 1.82) is 0 Å². The number of amides is 2. The second-order valence-corrected chi connectivity index (χ2v) is 5.68. The molecule has 0 spiro atoms. The van der Waals surface area contributed by atoms with Crippen molar-refractivity contribution in [2.75, 3.05) is 18.0 Å². The monoisotopic (exact) mass is 323 g/mol. The Morgan fingerprint density at radius 2 is 2.05 bits per heavy atom. The standard InChI is InChI=1S/C16H21N3O2.ClH/c20-15-4-2-10-19(15)13-7-5-12(6-8-13)11-18-16(21)14-3-1-9-17-14;/h5-8,14,17H,1-4,9-11H2,(H,18,21);1H/t14-;/m0./s1. The van der Waals surface area contributed by atoms with Crippen LogP contribution in [0.5, 0.6) is 0 Å². The van der Waals surface area contributed by atoms with Gasteiger partial charge in [-0.2, -0.15) is 0 Å². The average molecular weight is 324 g/mol. The molecule has 0 radical (unpaired) electrons. The van der Waals surface area contributed by atoms with E-state index in [4.69, 9.17) is 0 Å². The molecular formula is C16H22ClN3O2. The summed E-state index contributed by atoms with van der Waals surface area (Å²) in [7, 11) is 0. The van der Waals surface area contributed by atoms with Gasteiger partial charge in [-0.1, -0.05) is 12.1 Å². The van der Waals surface area contributed by atoms with Crippen LogP contribution in [0.3, 0.4) is 0 Å². The zero-order valence-electron chi connectivity index (χ0n) is 12.5. The lowest BCUT2D eigenvalue weighted by Crippen LogP contribution is -2.39. The Morgan fingerprint density at radius 3 is 2.64 bits per heavy atom. The molecule has 6 heteroatoms. The number of rotatable bonds is 4. The number of nitrogens with zero attached hydrogens (tertiary/aromatic N) is 1. The summed E-state index contributed by atoms with van der Waals surface area (Å²) in [6.45, 7) is 2.27. The van der Waals surface area contributed by atoms with Crippen LogP contribution in [0.1, 0.15) is 31.2 Å². The van der Waals surface area contributed by atoms with Gasteiger partial charge in [0.05, 0.1) is 6.04 Å². The lowest BCUT2D eigenvalue weighted by atomic mass is 10.1. The van der Waals surface area contributed by atoms with Crippen molar-refractivity contribution in [3.63, 3.8) is 0 Å². The first-order chi connectivity index (χ1) is 10.2. The highest BCUT2D eigenvalue weighted by molar-refractivity contribution is 5.95. The molecule has 2 aliphatic heterocycles. The van der Waals surface area contributed by atoms with Crippen LogP contribution in [0, 0.1) is 0 Å². The molecule has 2 heterocycles. The fourth-order valence-electron chi connectivity index (χ4n) is 2.94. The van der Waals surface area contributed by atoms with E-state index in [0.29, 0.717) is 13.0 Å². The first-order valence-electron chi connectivity index (χ1n) is 7.64. The van der Waals surface area contributed by atoms with Crippen LogP contribution in [0.4, 0.5) is 5.69 Å². The molecule has 2 amide bonds. The summed E-state index contributed by atoms with van der Waals surface area (Å²) >= 11 is 0. The minimum absolute atomic E-state index is 0. The molecule has 120 valence electrons. The number of carbonyl (C=O) groups is 2. The van der Waals surface area contributed by atoms with Gasteiger partial charge in [-0.3, -0.25) is 9.59 Å². The van der Waals surface area contributed by atoms with E-state index in [-0.39, 0.29) is 30.3 Å². The van der Waals surface area contributed by atoms with E-state index in [0.717, 1.165) is 43.6 Å². The summed E-state index contributed by atoms with van der Waals surface area (Å²) in [4.78, 5) is 25.4. The number of anilines is 1. The fourth-order valence-corrected chi connectivity index (χ4v) is 2.94. The van der Waals surface area contributed by atoms with Gasteiger partial charge in [-0.25, -0.2) is 0 Å². The van der Waals surface area contributed by atoms with Crippen LogP contribution in [-0.2, 0) is 16.1 Å². The molecule has 1 aromatic rings. The van der Waals surface area contributed by atoms with Gasteiger partial charge in [-0.05, 0) is 43.5 Å². The van der Waals surface area contributed by atoms with Gasteiger partial charge in [0, 0.05) is 25.2 Å². The molecule has 0 unspecified atom stereocenters. The van der Waals surface area contributed by atoms with E-state index in [2.05, 4.69) is 10.6 Å². The molecule has 2 fully saturated rings. The highest BCUT2D eigenvalue weighted by Crippen LogP contribution is 2.21. The van der Waals surface area contributed by atoms with Gasteiger partial charge < -0.3 is 15.5 Å². The van der Waals surface area contributed by atoms with E-state index >= 15 is 0 Å². The Morgan fingerprint density at radius 1 is 1.27 bits per heavy atom. The average Bonchev–Trinajstić information content (AvgIpc) is 3.17. The van der Waals surface area contributed by atoms with E-state index < -0.39 is 0 Å². The molecule has 0 bridgehead atoms. The third-order valence-corrected chi connectivity index (χ3v) is 4.16. The van der Waals surface area contributed by atoms with Crippen LogP contribution in [0.15, 0.2) is 24.3 Å². The van der Waals surface area contributed by atoms with Crippen molar-refractivity contribution in [2.45, 2.75) is 38.3 Å². The maximum absolute atomic E-state index is 11.9. The molecule has 5 nitrogen and oxygen atoms in total.